The van der Waals surface area contributed by atoms with Gasteiger partial charge in [-0.2, -0.15) is 4.31 Å². The summed E-state index contributed by atoms with van der Waals surface area (Å²) in [6.45, 7) is 2.17. The Labute approximate surface area is 232 Å². The smallest absolute Gasteiger partial charge is 0.408 e. The van der Waals surface area contributed by atoms with Crippen LogP contribution in [0, 0.1) is 0 Å². The molecule has 0 bridgehead atoms. The second-order valence-corrected chi connectivity index (χ2v) is 12.2. The summed E-state index contributed by atoms with van der Waals surface area (Å²) in [4.78, 5) is 28.8. The number of hydrogen-bond donors (Lipinski definition) is 2. The number of benzene rings is 2. The first kappa shape index (κ1) is 28.9. The Morgan fingerprint density at radius 1 is 1.26 bits per heavy atom. The van der Waals surface area contributed by atoms with Crippen LogP contribution in [-0.2, 0) is 30.7 Å². The average Bonchev–Trinajstić information content (AvgIpc) is 3.56. The van der Waals surface area contributed by atoms with Crippen molar-refractivity contribution in [2.75, 3.05) is 19.7 Å². The average molecular weight is 576 g/mol. The standard InChI is InChI=1S/C27H33N3O7S2/c1-2-3-7-13-30(39(34,35)20-10-11-21-25(16-20)38-18-28-21)17-23(31)22(15-19-8-5-4-6-9-19)29-27(33)37-24-12-14-36-26(24)32/h4-6,8-11,16,18,22-24,31H,2-3,7,12-15,17H2,1H3,(H,29,33)/t22-,23+,24+/m0/s1. The number of carbonyl (C=O) groups excluding carboxylic acids is 2. The van der Waals surface area contributed by atoms with Crippen molar-refractivity contribution in [2.45, 2.75) is 62.2 Å². The fourth-order valence-electron chi connectivity index (χ4n) is 4.38. The Morgan fingerprint density at radius 3 is 2.77 bits per heavy atom. The van der Waals surface area contributed by atoms with Crippen LogP contribution in [0.25, 0.3) is 10.2 Å². The number of hydrogen-bond acceptors (Lipinski definition) is 9. The maximum absolute atomic E-state index is 13.7. The third kappa shape index (κ3) is 7.53. The minimum Gasteiger partial charge on any atom is -0.463 e. The summed E-state index contributed by atoms with van der Waals surface area (Å²) >= 11 is 1.35. The van der Waals surface area contributed by atoms with Crippen LogP contribution in [-0.4, -0.2) is 72.8 Å². The van der Waals surface area contributed by atoms with Crippen LogP contribution in [0.15, 0.2) is 58.9 Å². The second kappa shape index (κ2) is 13.3. The van der Waals surface area contributed by atoms with Gasteiger partial charge in [0.05, 0.1) is 39.4 Å². The number of nitrogens with zero attached hydrogens (tertiary/aromatic N) is 2. The van der Waals surface area contributed by atoms with E-state index in [4.69, 9.17) is 9.47 Å². The number of alkyl carbamates (subject to hydrolysis) is 1. The zero-order valence-corrected chi connectivity index (χ0v) is 23.3. The minimum absolute atomic E-state index is 0.120. The lowest BCUT2D eigenvalue weighted by atomic mass is 10.0. The van der Waals surface area contributed by atoms with Gasteiger partial charge in [0.25, 0.3) is 0 Å². The number of sulfonamides is 1. The lowest BCUT2D eigenvalue weighted by Crippen LogP contribution is -2.51. The van der Waals surface area contributed by atoms with Crippen molar-refractivity contribution >= 4 is 43.6 Å². The maximum Gasteiger partial charge on any atom is 0.408 e. The van der Waals surface area contributed by atoms with E-state index in [1.54, 1.807) is 17.6 Å². The van der Waals surface area contributed by atoms with Crippen molar-refractivity contribution < 1.29 is 32.6 Å². The van der Waals surface area contributed by atoms with E-state index in [1.807, 2.05) is 37.3 Å². The van der Waals surface area contributed by atoms with Crippen molar-refractivity contribution in [1.82, 2.24) is 14.6 Å². The Kier molecular flexibility index (Phi) is 9.89. The number of amides is 1. The van der Waals surface area contributed by atoms with Crippen LogP contribution in [0.3, 0.4) is 0 Å². The number of unbranched alkanes of at least 4 members (excludes halogenated alkanes) is 2. The van der Waals surface area contributed by atoms with Crippen LogP contribution < -0.4 is 5.32 Å². The number of aliphatic hydroxyl groups excluding tert-OH is 1. The molecule has 10 nitrogen and oxygen atoms in total. The summed E-state index contributed by atoms with van der Waals surface area (Å²) in [6, 6.07) is 13.1. The third-order valence-electron chi connectivity index (χ3n) is 6.54. The van der Waals surface area contributed by atoms with Gasteiger partial charge in [-0.3, -0.25) is 0 Å². The molecular formula is C27H33N3O7S2. The molecule has 3 atom stereocenters. The molecule has 210 valence electrons. The van der Waals surface area contributed by atoms with Crippen LogP contribution in [0.5, 0.6) is 0 Å². The summed E-state index contributed by atoms with van der Waals surface area (Å²) < 4.78 is 39.6. The van der Waals surface area contributed by atoms with Crippen molar-refractivity contribution in [3.05, 3.63) is 59.6 Å². The van der Waals surface area contributed by atoms with Gasteiger partial charge in [-0.15, -0.1) is 11.3 Å². The molecule has 1 fully saturated rings. The normalized spacial score (nSPS) is 17.2. The maximum atomic E-state index is 13.7. The quantitative estimate of drug-likeness (QED) is 0.234. The predicted octanol–water partition coefficient (Wildman–Crippen LogP) is 3.49. The molecule has 0 radical (unpaired) electrons. The zero-order chi connectivity index (χ0) is 27.8. The minimum atomic E-state index is -3.96. The Bertz CT molecular complexity index is 1360. The molecule has 2 N–H and O–H groups in total. The van der Waals surface area contributed by atoms with Crippen molar-refractivity contribution in [2.24, 2.45) is 0 Å². The highest BCUT2D eigenvalue weighted by Crippen LogP contribution is 2.25. The lowest BCUT2D eigenvalue weighted by Gasteiger charge is -2.30. The molecule has 1 saturated heterocycles. The largest absolute Gasteiger partial charge is 0.463 e. The van der Waals surface area contributed by atoms with Crippen LogP contribution in [0.4, 0.5) is 4.79 Å². The van der Waals surface area contributed by atoms with Gasteiger partial charge >= 0.3 is 12.1 Å². The molecule has 0 saturated carbocycles. The Balaban J connectivity index is 1.55. The van der Waals surface area contributed by atoms with E-state index in [2.05, 4.69) is 10.3 Å². The first-order chi connectivity index (χ1) is 18.8. The number of ether oxygens (including phenoxy) is 2. The second-order valence-electron chi connectivity index (χ2n) is 9.41. The van der Waals surface area contributed by atoms with Gasteiger partial charge in [-0.1, -0.05) is 50.1 Å². The number of carbonyl (C=O) groups is 2. The number of cyclic esters (lactones) is 1. The van der Waals surface area contributed by atoms with E-state index in [9.17, 15) is 23.1 Å². The van der Waals surface area contributed by atoms with Crippen LogP contribution in [0.1, 0.15) is 38.2 Å². The number of fused-ring (bicyclic) bond motifs is 1. The number of aliphatic hydroxyl groups is 1. The van der Waals surface area contributed by atoms with Gasteiger partial charge < -0.3 is 19.9 Å². The van der Waals surface area contributed by atoms with Crippen LogP contribution in [0.2, 0.25) is 0 Å². The SMILES string of the molecule is CCCCCN(C[C@@H](O)[C@H](Cc1ccccc1)NC(=O)O[C@@H]1CCOC1=O)S(=O)(=O)c1ccc2ncsc2c1. The highest BCUT2D eigenvalue weighted by atomic mass is 32.2. The topological polar surface area (TPSA) is 135 Å². The van der Waals surface area contributed by atoms with Crippen molar-refractivity contribution in [3.63, 3.8) is 0 Å². The van der Waals surface area contributed by atoms with Crippen molar-refractivity contribution in [1.29, 1.82) is 0 Å². The van der Waals surface area contributed by atoms with Crippen LogP contribution >= 0.6 is 11.3 Å². The fourth-order valence-corrected chi connectivity index (χ4v) is 6.69. The molecule has 0 unspecified atom stereocenters. The number of rotatable bonds is 13. The molecule has 1 aliphatic heterocycles. The molecular weight excluding hydrogens is 542 g/mol. The molecule has 1 aromatic heterocycles. The molecule has 2 aromatic carbocycles. The first-order valence-corrected chi connectivity index (χ1v) is 15.3. The molecule has 1 amide bonds. The number of esters is 1. The van der Waals surface area contributed by atoms with Gasteiger partial charge in [0.1, 0.15) is 0 Å². The van der Waals surface area contributed by atoms with Gasteiger partial charge in [0.15, 0.2) is 0 Å². The lowest BCUT2D eigenvalue weighted by molar-refractivity contribution is -0.144. The predicted molar refractivity (Wildman–Crippen MR) is 147 cm³/mol. The van der Waals surface area contributed by atoms with Gasteiger partial charge in [0.2, 0.25) is 16.1 Å². The monoisotopic (exact) mass is 575 g/mol. The number of nitrogens with one attached hydrogen (secondary N) is 1. The molecule has 1 aliphatic rings. The zero-order valence-electron chi connectivity index (χ0n) is 21.7. The molecule has 4 rings (SSSR count). The van der Waals surface area contributed by atoms with E-state index >= 15 is 0 Å². The van der Waals surface area contributed by atoms with E-state index in [-0.39, 0.29) is 37.4 Å². The summed E-state index contributed by atoms with van der Waals surface area (Å²) in [7, 11) is -3.96. The highest BCUT2D eigenvalue weighted by Gasteiger charge is 2.34. The molecule has 39 heavy (non-hydrogen) atoms. The summed E-state index contributed by atoms with van der Waals surface area (Å²) in [5.74, 6) is -0.614. The van der Waals surface area contributed by atoms with E-state index < -0.39 is 40.3 Å². The van der Waals surface area contributed by atoms with E-state index in [1.165, 1.54) is 21.7 Å². The summed E-state index contributed by atoms with van der Waals surface area (Å²) in [5.41, 5.74) is 3.21. The summed E-state index contributed by atoms with van der Waals surface area (Å²) in [6.07, 6.45) is -0.331. The Morgan fingerprint density at radius 2 is 2.05 bits per heavy atom. The summed E-state index contributed by atoms with van der Waals surface area (Å²) in [5, 5.41) is 14.0. The highest BCUT2D eigenvalue weighted by molar-refractivity contribution is 7.89. The van der Waals surface area contributed by atoms with Crippen molar-refractivity contribution in [3.8, 4) is 0 Å². The van der Waals surface area contributed by atoms with E-state index in [0.717, 1.165) is 23.1 Å². The van der Waals surface area contributed by atoms with Gasteiger partial charge in [0, 0.05) is 19.5 Å². The Hall–Kier alpha value is -3.06. The molecule has 3 aromatic rings. The molecule has 2 heterocycles. The number of aromatic nitrogens is 1. The first-order valence-electron chi connectivity index (χ1n) is 13.0. The molecule has 12 heteroatoms. The van der Waals surface area contributed by atoms with Gasteiger partial charge in [-0.05, 0) is 36.6 Å². The van der Waals surface area contributed by atoms with Gasteiger partial charge in [-0.25, -0.2) is 23.0 Å². The van der Waals surface area contributed by atoms with E-state index in [0.29, 0.717) is 11.9 Å². The molecule has 0 aliphatic carbocycles. The fraction of sp³-hybridized carbons (Fsp3) is 0.444. The number of thiazole rings is 1. The molecule has 0 spiro atoms. The third-order valence-corrected chi connectivity index (χ3v) is 9.20.